The van der Waals surface area contributed by atoms with Crippen LogP contribution >= 0.6 is 0 Å². The number of hydrogen-bond donors (Lipinski definition) is 1. The van der Waals surface area contributed by atoms with Crippen molar-refractivity contribution in [1.82, 2.24) is 14.8 Å². The minimum absolute atomic E-state index is 0.118. The molecule has 1 saturated carbocycles. The first-order valence-electron chi connectivity index (χ1n) is 10.8. The van der Waals surface area contributed by atoms with Crippen LogP contribution in [-0.2, 0) is 0 Å². The molecule has 6 nitrogen and oxygen atoms in total. The number of nitrogen functional groups attached to an aromatic ring is 1. The van der Waals surface area contributed by atoms with Crippen molar-refractivity contribution in [2.75, 3.05) is 12.8 Å². The van der Waals surface area contributed by atoms with Crippen LogP contribution in [0.1, 0.15) is 54.2 Å². The third-order valence-electron chi connectivity index (χ3n) is 6.51. The molecule has 0 bridgehead atoms. The van der Waals surface area contributed by atoms with Crippen LogP contribution in [-0.4, -0.2) is 28.2 Å². The van der Waals surface area contributed by atoms with E-state index >= 15 is 4.39 Å². The van der Waals surface area contributed by atoms with Gasteiger partial charge in [0.2, 0.25) is 0 Å². The van der Waals surface area contributed by atoms with Gasteiger partial charge in [0, 0.05) is 22.9 Å². The summed E-state index contributed by atoms with van der Waals surface area (Å²) in [4.78, 5) is 16.7. The van der Waals surface area contributed by atoms with Crippen LogP contribution in [0.3, 0.4) is 0 Å². The third-order valence-corrected chi connectivity index (χ3v) is 6.51. The van der Waals surface area contributed by atoms with Gasteiger partial charge in [-0.1, -0.05) is 31.2 Å². The molecule has 0 spiro atoms. The largest absolute Gasteiger partial charge is 0.496 e. The number of pyridine rings is 1. The summed E-state index contributed by atoms with van der Waals surface area (Å²) in [6, 6.07) is 5.03. The molecule has 2 aromatic heterocycles. The molecule has 0 radical (unpaired) electrons. The predicted molar refractivity (Wildman–Crippen MR) is 122 cm³/mol. The zero-order valence-corrected chi connectivity index (χ0v) is 18.1. The van der Waals surface area contributed by atoms with Gasteiger partial charge in [-0.25, -0.2) is 9.07 Å². The van der Waals surface area contributed by atoms with E-state index in [-0.39, 0.29) is 34.6 Å². The number of rotatable bonds is 5. The van der Waals surface area contributed by atoms with E-state index in [1.807, 2.05) is 18.2 Å². The van der Waals surface area contributed by atoms with Crippen LogP contribution in [0.2, 0.25) is 0 Å². The lowest BCUT2D eigenvalue weighted by Gasteiger charge is -2.33. The highest BCUT2D eigenvalue weighted by Crippen LogP contribution is 2.41. The Hall–Kier alpha value is -3.48. The SMILES string of the molecule is COc1cc(C2C=CC=CC2)nc2cc(-c3nn(C4CC(C)C4)c(N)c3C=O)c(F)cc12. The van der Waals surface area contributed by atoms with Crippen molar-refractivity contribution in [3.8, 4) is 17.0 Å². The zero-order valence-electron chi connectivity index (χ0n) is 18.1. The number of carbonyl (C=O) groups is 1. The smallest absolute Gasteiger partial charge is 0.156 e. The molecule has 0 saturated heterocycles. The van der Waals surface area contributed by atoms with Gasteiger partial charge in [-0.15, -0.1) is 0 Å². The second-order valence-electron chi connectivity index (χ2n) is 8.69. The monoisotopic (exact) mass is 432 g/mol. The van der Waals surface area contributed by atoms with Crippen LogP contribution in [0, 0.1) is 11.7 Å². The summed E-state index contributed by atoms with van der Waals surface area (Å²) in [7, 11) is 1.56. The lowest BCUT2D eigenvalue weighted by molar-refractivity contribution is 0.112. The van der Waals surface area contributed by atoms with Gasteiger partial charge in [-0.05, 0) is 37.3 Å². The summed E-state index contributed by atoms with van der Waals surface area (Å²) in [5, 5.41) is 5.14. The first-order valence-corrected chi connectivity index (χ1v) is 10.8. The highest BCUT2D eigenvalue weighted by Gasteiger charge is 2.31. The van der Waals surface area contributed by atoms with Crippen LogP contribution in [0.15, 0.2) is 42.5 Å². The first-order chi connectivity index (χ1) is 15.5. The van der Waals surface area contributed by atoms with E-state index in [2.05, 4.69) is 24.2 Å². The fraction of sp³-hybridized carbons (Fsp3) is 0.320. The normalized spacial score (nSPS) is 22.2. The number of nitrogens with zero attached hydrogens (tertiary/aromatic N) is 3. The number of carbonyl (C=O) groups excluding carboxylic acids is 1. The third kappa shape index (κ3) is 3.28. The maximum absolute atomic E-state index is 15.3. The van der Waals surface area contributed by atoms with Gasteiger partial charge < -0.3 is 10.5 Å². The first kappa shape index (κ1) is 20.4. The number of aromatic nitrogens is 3. The summed E-state index contributed by atoms with van der Waals surface area (Å²) in [5.74, 6) is 1.05. The minimum atomic E-state index is -0.499. The lowest BCUT2D eigenvalue weighted by atomic mass is 9.82. The number of fused-ring (bicyclic) bond motifs is 1. The van der Waals surface area contributed by atoms with Crippen molar-refractivity contribution < 1.29 is 13.9 Å². The van der Waals surface area contributed by atoms with Crippen LogP contribution in [0.4, 0.5) is 10.2 Å². The van der Waals surface area contributed by atoms with Crippen molar-refractivity contribution in [1.29, 1.82) is 0 Å². The van der Waals surface area contributed by atoms with E-state index < -0.39 is 5.82 Å². The van der Waals surface area contributed by atoms with Crippen LogP contribution < -0.4 is 10.5 Å². The number of halogens is 1. The van der Waals surface area contributed by atoms with Gasteiger partial charge in [0.1, 0.15) is 23.1 Å². The van der Waals surface area contributed by atoms with Crippen LogP contribution in [0.5, 0.6) is 5.75 Å². The van der Waals surface area contributed by atoms with Crippen molar-refractivity contribution in [3.63, 3.8) is 0 Å². The van der Waals surface area contributed by atoms with E-state index in [9.17, 15) is 4.79 Å². The molecular formula is C25H25FN4O2. The quantitative estimate of drug-likeness (QED) is 0.560. The summed E-state index contributed by atoms with van der Waals surface area (Å²) < 4.78 is 22.5. The Morgan fingerprint density at radius 1 is 1.25 bits per heavy atom. The van der Waals surface area contributed by atoms with Gasteiger partial charge in [-0.3, -0.25) is 9.78 Å². The molecule has 1 unspecified atom stereocenters. The fourth-order valence-electron chi connectivity index (χ4n) is 4.69. The van der Waals surface area contributed by atoms with Gasteiger partial charge in [0.15, 0.2) is 6.29 Å². The molecule has 2 aliphatic rings. The number of methoxy groups -OCH3 is 1. The molecule has 7 heteroatoms. The molecule has 3 aromatic rings. The summed E-state index contributed by atoms with van der Waals surface area (Å²) in [5.41, 5.74) is 8.34. The number of ether oxygens (including phenoxy) is 1. The Bertz CT molecular complexity index is 1270. The molecule has 1 aromatic carbocycles. The summed E-state index contributed by atoms with van der Waals surface area (Å²) in [6.45, 7) is 2.16. The van der Waals surface area contributed by atoms with Gasteiger partial charge in [0.25, 0.3) is 0 Å². The van der Waals surface area contributed by atoms with E-state index in [0.29, 0.717) is 28.9 Å². The molecule has 0 amide bonds. The molecule has 32 heavy (non-hydrogen) atoms. The van der Waals surface area contributed by atoms with E-state index in [4.69, 9.17) is 15.5 Å². The molecular weight excluding hydrogens is 407 g/mol. The molecule has 164 valence electrons. The van der Waals surface area contributed by atoms with Crippen molar-refractivity contribution in [3.05, 3.63) is 59.6 Å². The number of anilines is 1. The van der Waals surface area contributed by atoms with E-state index in [0.717, 1.165) is 25.0 Å². The average molecular weight is 432 g/mol. The molecule has 0 aliphatic heterocycles. The lowest BCUT2D eigenvalue weighted by Crippen LogP contribution is -2.26. The molecule has 1 fully saturated rings. The highest BCUT2D eigenvalue weighted by atomic mass is 19.1. The summed E-state index contributed by atoms with van der Waals surface area (Å²) in [6.07, 6.45) is 11.6. The summed E-state index contributed by atoms with van der Waals surface area (Å²) >= 11 is 0. The maximum Gasteiger partial charge on any atom is 0.156 e. The Morgan fingerprint density at radius 2 is 2.06 bits per heavy atom. The van der Waals surface area contributed by atoms with Crippen LogP contribution in [0.25, 0.3) is 22.2 Å². The number of nitrogens with two attached hydrogens (primary N) is 1. The molecule has 5 rings (SSSR count). The van der Waals surface area contributed by atoms with Crippen molar-refractivity contribution in [2.24, 2.45) is 5.92 Å². The van der Waals surface area contributed by atoms with Crippen molar-refractivity contribution >= 4 is 23.0 Å². The predicted octanol–water partition coefficient (Wildman–Crippen LogP) is 5.21. The second-order valence-corrected chi connectivity index (χ2v) is 8.69. The number of hydrogen-bond acceptors (Lipinski definition) is 5. The topological polar surface area (TPSA) is 83.0 Å². The molecule has 2 aliphatic carbocycles. The van der Waals surface area contributed by atoms with E-state index in [1.54, 1.807) is 17.9 Å². The Balaban J connectivity index is 1.65. The Labute approximate surface area is 185 Å². The molecule has 1 atom stereocenters. The number of benzene rings is 1. The second kappa shape index (κ2) is 7.89. The highest BCUT2D eigenvalue weighted by molar-refractivity contribution is 5.95. The fourth-order valence-corrected chi connectivity index (χ4v) is 4.69. The Kier molecular flexibility index (Phi) is 5.04. The van der Waals surface area contributed by atoms with Gasteiger partial charge in [-0.2, -0.15) is 5.10 Å². The van der Waals surface area contributed by atoms with E-state index in [1.165, 1.54) is 6.07 Å². The van der Waals surface area contributed by atoms with Gasteiger partial charge >= 0.3 is 0 Å². The number of aldehydes is 1. The maximum atomic E-state index is 15.3. The Morgan fingerprint density at radius 3 is 2.72 bits per heavy atom. The number of allylic oxidation sites excluding steroid dienone is 4. The zero-order chi connectivity index (χ0) is 22.4. The molecule has 2 heterocycles. The van der Waals surface area contributed by atoms with Gasteiger partial charge in [0.05, 0.1) is 29.9 Å². The standard InChI is InChI=1S/C25H25FN4O2/c1-14-8-16(9-14)30-25(27)19(13-31)24(29-30)17-11-22-18(10-20(17)26)23(32-2)12-21(28-22)15-6-4-3-5-7-15/h3-6,10-16H,7-9,27H2,1-2H3. The molecule has 2 N–H and O–H groups in total. The van der Waals surface area contributed by atoms with Crippen molar-refractivity contribution in [2.45, 2.75) is 38.1 Å². The average Bonchev–Trinajstić information content (AvgIpc) is 3.11. The minimum Gasteiger partial charge on any atom is -0.496 e.